The second-order valence-corrected chi connectivity index (χ2v) is 3.31. The molecule has 0 saturated carbocycles. The number of piperazine rings is 1. The summed E-state index contributed by atoms with van der Waals surface area (Å²) in [4.78, 5) is 13.3. The number of nitrogens with zero attached hydrogens (tertiary/aromatic N) is 2. The molecule has 2 aliphatic rings. The minimum atomic E-state index is 0.196. The van der Waals surface area contributed by atoms with E-state index in [2.05, 4.69) is 0 Å². The number of hydrogen-bond acceptors (Lipinski definition) is 3. The molecular weight excluding hydrogens is 142 g/mol. The molecule has 2 saturated heterocycles. The summed E-state index contributed by atoms with van der Waals surface area (Å²) in [5.74, 6) is 5.76. The van der Waals surface area contributed by atoms with Gasteiger partial charge in [0.25, 0.3) is 0 Å². The highest BCUT2D eigenvalue weighted by atomic mass is 16.2. The Hall–Kier alpha value is -0.610. The monoisotopic (exact) mass is 155 g/mol. The third kappa shape index (κ3) is 1.12. The van der Waals surface area contributed by atoms with Crippen molar-refractivity contribution in [3.63, 3.8) is 0 Å². The van der Waals surface area contributed by atoms with Gasteiger partial charge in [-0.2, -0.15) is 0 Å². The molecule has 4 heteroatoms. The lowest BCUT2D eigenvalue weighted by Crippen LogP contribution is -2.55. The first kappa shape index (κ1) is 7.06. The van der Waals surface area contributed by atoms with Gasteiger partial charge < -0.3 is 4.90 Å². The van der Waals surface area contributed by atoms with Gasteiger partial charge in [0.2, 0.25) is 5.91 Å². The molecule has 1 amide bonds. The van der Waals surface area contributed by atoms with Crippen LogP contribution in [0.4, 0.5) is 0 Å². The topological polar surface area (TPSA) is 49.6 Å². The first-order valence-corrected chi connectivity index (χ1v) is 4.06. The molecule has 0 radical (unpaired) electrons. The molecule has 62 valence electrons. The standard InChI is InChI=1S/C7H13N3O/c8-9-4-6-2-1-3-10(6)7(11)5-9/h6H,1-5,8H2. The first-order chi connectivity index (χ1) is 5.27. The fraction of sp³-hybridized carbons (Fsp3) is 0.857. The lowest BCUT2D eigenvalue weighted by atomic mass is 10.2. The highest BCUT2D eigenvalue weighted by Crippen LogP contribution is 2.20. The lowest BCUT2D eigenvalue weighted by molar-refractivity contribution is -0.137. The van der Waals surface area contributed by atoms with Crippen LogP contribution in [-0.2, 0) is 4.79 Å². The van der Waals surface area contributed by atoms with E-state index in [1.165, 1.54) is 0 Å². The van der Waals surface area contributed by atoms with E-state index in [0.717, 1.165) is 25.9 Å². The first-order valence-electron chi connectivity index (χ1n) is 4.06. The second kappa shape index (κ2) is 2.46. The molecule has 1 unspecified atom stereocenters. The third-order valence-electron chi connectivity index (χ3n) is 2.48. The molecule has 2 rings (SSSR count). The summed E-state index contributed by atoms with van der Waals surface area (Å²) in [7, 11) is 0. The van der Waals surface area contributed by atoms with Crippen LogP contribution in [0.1, 0.15) is 12.8 Å². The summed E-state index contributed by atoms with van der Waals surface area (Å²) >= 11 is 0. The van der Waals surface area contributed by atoms with Crippen LogP contribution in [0.25, 0.3) is 0 Å². The Kier molecular flexibility index (Phi) is 1.58. The molecule has 2 aliphatic heterocycles. The quantitative estimate of drug-likeness (QED) is 0.464. The Balaban J connectivity index is 2.10. The maximum Gasteiger partial charge on any atom is 0.238 e. The summed E-state index contributed by atoms with van der Waals surface area (Å²) in [5.41, 5.74) is 0. The van der Waals surface area contributed by atoms with E-state index in [1.807, 2.05) is 4.90 Å². The summed E-state index contributed by atoms with van der Waals surface area (Å²) in [6, 6.07) is 0.404. The van der Waals surface area contributed by atoms with Crippen LogP contribution in [0.5, 0.6) is 0 Å². The van der Waals surface area contributed by atoms with Gasteiger partial charge in [-0.3, -0.25) is 10.6 Å². The zero-order chi connectivity index (χ0) is 7.84. The fourth-order valence-corrected chi connectivity index (χ4v) is 1.95. The van der Waals surface area contributed by atoms with E-state index in [-0.39, 0.29) is 5.91 Å². The third-order valence-corrected chi connectivity index (χ3v) is 2.48. The number of fused-ring (bicyclic) bond motifs is 1. The average molecular weight is 155 g/mol. The summed E-state index contributed by atoms with van der Waals surface area (Å²) < 4.78 is 0. The number of rotatable bonds is 0. The maximum atomic E-state index is 11.3. The number of amides is 1. The van der Waals surface area contributed by atoms with E-state index in [9.17, 15) is 4.79 Å². The van der Waals surface area contributed by atoms with Gasteiger partial charge in [0.15, 0.2) is 0 Å². The zero-order valence-corrected chi connectivity index (χ0v) is 6.49. The van der Waals surface area contributed by atoms with Gasteiger partial charge in [0, 0.05) is 19.1 Å². The van der Waals surface area contributed by atoms with Gasteiger partial charge in [0.1, 0.15) is 0 Å². The number of hydrogen-bond donors (Lipinski definition) is 1. The van der Waals surface area contributed by atoms with E-state index < -0.39 is 0 Å². The smallest absolute Gasteiger partial charge is 0.238 e. The Morgan fingerprint density at radius 1 is 1.55 bits per heavy atom. The van der Waals surface area contributed by atoms with Crippen LogP contribution in [0, 0.1) is 0 Å². The maximum absolute atomic E-state index is 11.3. The number of carbonyl (C=O) groups excluding carboxylic acids is 1. The molecule has 2 fully saturated rings. The van der Waals surface area contributed by atoms with Crippen molar-refractivity contribution < 1.29 is 4.79 Å². The summed E-state index contributed by atoms with van der Waals surface area (Å²) in [6.45, 7) is 2.19. The van der Waals surface area contributed by atoms with E-state index in [4.69, 9.17) is 5.84 Å². The van der Waals surface area contributed by atoms with Gasteiger partial charge in [-0.05, 0) is 12.8 Å². The van der Waals surface area contributed by atoms with Crippen LogP contribution >= 0.6 is 0 Å². The van der Waals surface area contributed by atoms with Gasteiger partial charge in [0.05, 0.1) is 6.54 Å². The SMILES string of the molecule is NN1CC(=O)N2CCCC2C1. The molecular formula is C7H13N3O. The molecule has 0 aromatic heterocycles. The Labute approximate surface area is 65.9 Å². The molecule has 4 nitrogen and oxygen atoms in total. The second-order valence-electron chi connectivity index (χ2n) is 3.31. The van der Waals surface area contributed by atoms with Crippen LogP contribution in [0.2, 0.25) is 0 Å². The minimum Gasteiger partial charge on any atom is -0.337 e. The van der Waals surface area contributed by atoms with Crippen LogP contribution in [0.15, 0.2) is 0 Å². The highest BCUT2D eigenvalue weighted by molar-refractivity contribution is 5.79. The largest absolute Gasteiger partial charge is 0.337 e. The van der Waals surface area contributed by atoms with Gasteiger partial charge in [-0.15, -0.1) is 0 Å². The Bertz CT molecular complexity index is 183. The highest BCUT2D eigenvalue weighted by Gasteiger charge is 2.34. The Morgan fingerprint density at radius 3 is 3.18 bits per heavy atom. The zero-order valence-electron chi connectivity index (χ0n) is 6.49. The van der Waals surface area contributed by atoms with Crippen molar-refractivity contribution in [1.82, 2.24) is 9.91 Å². The average Bonchev–Trinajstić information content (AvgIpc) is 2.34. The van der Waals surface area contributed by atoms with Crippen molar-refractivity contribution in [2.24, 2.45) is 5.84 Å². The minimum absolute atomic E-state index is 0.196. The molecule has 0 aromatic rings. The Morgan fingerprint density at radius 2 is 2.36 bits per heavy atom. The fourth-order valence-electron chi connectivity index (χ4n) is 1.95. The molecule has 0 spiro atoms. The number of hydrazine groups is 1. The van der Waals surface area contributed by atoms with Gasteiger partial charge >= 0.3 is 0 Å². The molecule has 0 bridgehead atoms. The molecule has 2 N–H and O–H groups in total. The predicted octanol–water partition coefficient (Wildman–Crippen LogP) is -0.833. The number of carbonyl (C=O) groups is 1. The van der Waals surface area contributed by atoms with Crippen molar-refractivity contribution in [3.8, 4) is 0 Å². The molecule has 0 aromatic carbocycles. The van der Waals surface area contributed by atoms with Crippen molar-refractivity contribution in [3.05, 3.63) is 0 Å². The van der Waals surface area contributed by atoms with Crippen LogP contribution in [0.3, 0.4) is 0 Å². The van der Waals surface area contributed by atoms with Crippen molar-refractivity contribution in [2.75, 3.05) is 19.6 Å². The van der Waals surface area contributed by atoms with Gasteiger partial charge in [-0.25, -0.2) is 5.01 Å². The number of nitrogens with two attached hydrogens (primary N) is 1. The van der Waals surface area contributed by atoms with E-state index in [0.29, 0.717) is 12.6 Å². The van der Waals surface area contributed by atoms with Crippen molar-refractivity contribution in [2.45, 2.75) is 18.9 Å². The molecule has 0 aliphatic carbocycles. The summed E-state index contributed by atoms with van der Waals surface area (Å²) in [6.07, 6.45) is 2.27. The van der Waals surface area contributed by atoms with Gasteiger partial charge in [-0.1, -0.05) is 0 Å². The van der Waals surface area contributed by atoms with Crippen LogP contribution < -0.4 is 5.84 Å². The molecule has 11 heavy (non-hydrogen) atoms. The van der Waals surface area contributed by atoms with Crippen LogP contribution in [-0.4, -0.2) is 41.5 Å². The van der Waals surface area contributed by atoms with Crippen molar-refractivity contribution in [1.29, 1.82) is 0 Å². The molecule has 2 heterocycles. The normalized spacial score (nSPS) is 32.6. The molecule has 1 atom stereocenters. The lowest BCUT2D eigenvalue weighted by Gasteiger charge is -2.34. The summed E-state index contributed by atoms with van der Waals surface area (Å²) in [5, 5.41) is 1.62. The van der Waals surface area contributed by atoms with Crippen molar-refractivity contribution >= 4 is 5.91 Å². The van der Waals surface area contributed by atoms with E-state index >= 15 is 0 Å². The predicted molar refractivity (Wildman–Crippen MR) is 40.5 cm³/mol. The van der Waals surface area contributed by atoms with E-state index in [1.54, 1.807) is 5.01 Å².